The molecule has 0 aliphatic heterocycles. The number of fused-ring (bicyclic) bond motifs is 1. The van der Waals surface area contributed by atoms with Crippen LogP contribution in [0.2, 0.25) is 0 Å². The Kier molecular flexibility index (Phi) is 5.60. The first-order valence-electron chi connectivity index (χ1n) is 10.8. The molecular formula is C24H31N5O2. The van der Waals surface area contributed by atoms with Crippen molar-refractivity contribution in [3.8, 4) is 11.4 Å². The number of hydrogen-bond acceptors (Lipinski definition) is 4. The minimum Gasteiger partial charge on any atom is -0.497 e. The highest BCUT2D eigenvalue weighted by Gasteiger charge is 2.36. The molecule has 0 saturated carbocycles. The standard InChI is InChI=1S/C24H31N5O2/c1-16-12-17(2)28(27-16)11-10-23(30)26-21-13-24(3,4)14-22-20(21)15-25-29(22)18-6-8-19(31-5)9-7-18/h6-9,12,15,21H,10-11,13-14H2,1-5H3,(H,26,30)/t21-/m0/s1. The maximum Gasteiger partial charge on any atom is 0.222 e. The van der Waals surface area contributed by atoms with Gasteiger partial charge in [-0.15, -0.1) is 0 Å². The summed E-state index contributed by atoms with van der Waals surface area (Å²) in [6, 6.07) is 9.89. The topological polar surface area (TPSA) is 74.0 Å². The van der Waals surface area contributed by atoms with E-state index >= 15 is 0 Å². The number of nitrogens with zero attached hydrogens (tertiary/aromatic N) is 4. The molecule has 164 valence electrons. The van der Waals surface area contributed by atoms with Crippen LogP contribution in [0.5, 0.6) is 5.75 Å². The molecule has 1 aliphatic rings. The number of methoxy groups -OCH3 is 1. The fraction of sp³-hybridized carbons (Fsp3) is 0.458. The molecular weight excluding hydrogens is 390 g/mol. The molecule has 0 fully saturated rings. The third kappa shape index (κ3) is 4.50. The number of hydrogen-bond donors (Lipinski definition) is 1. The molecule has 0 spiro atoms. The lowest BCUT2D eigenvalue weighted by Gasteiger charge is -2.36. The quantitative estimate of drug-likeness (QED) is 0.655. The van der Waals surface area contributed by atoms with Gasteiger partial charge in [-0.2, -0.15) is 10.2 Å². The lowest BCUT2D eigenvalue weighted by Crippen LogP contribution is -2.37. The van der Waals surface area contributed by atoms with Gasteiger partial charge in [-0.25, -0.2) is 4.68 Å². The van der Waals surface area contributed by atoms with Crippen molar-refractivity contribution in [1.29, 1.82) is 0 Å². The minimum absolute atomic E-state index is 0.0402. The summed E-state index contributed by atoms with van der Waals surface area (Å²) in [5.74, 6) is 0.858. The summed E-state index contributed by atoms with van der Waals surface area (Å²) in [7, 11) is 1.66. The molecule has 0 unspecified atom stereocenters. The Morgan fingerprint density at radius 2 is 2.00 bits per heavy atom. The largest absolute Gasteiger partial charge is 0.497 e. The summed E-state index contributed by atoms with van der Waals surface area (Å²) in [5.41, 5.74) is 5.37. The maximum atomic E-state index is 12.8. The minimum atomic E-state index is -0.0429. The predicted molar refractivity (Wildman–Crippen MR) is 119 cm³/mol. The van der Waals surface area contributed by atoms with Gasteiger partial charge in [0, 0.05) is 24.2 Å². The van der Waals surface area contributed by atoms with E-state index in [9.17, 15) is 4.79 Å². The summed E-state index contributed by atoms with van der Waals surface area (Å²) < 4.78 is 9.16. The molecule has 2 heterocycles. The molecule has 0 bridgehead atoms. The van der Waals surface area contributed by atoms with Crippen LogP contribution < -0.4 is 10.1 Å². The third-order valence-electron chi connectivity index (χ3n) is 5.99. The van der Waals surface area contributed by atoms with E-state index in [4.69, 9.17) is 4.74 Å². The number of ether oxygens (including phenoxy) is 1. The van der Waals surface area contributed by atoms with Crippen LogP contribution in [0.15, 0.2) is 36.5 Å². The molecule has 7 heteroatoms. The lowest BCUT2D eigenvalue weighted by atomic mass is 9.74. The van der Waals surface area contributed by atoms with Crippen LogP contribution in [0.25, 0.3) is 5.69 Å². The van der Waals surface area contributed by atoms with Crippen molar-refractivity contribution in [2.45, 2.75) is 59.5 Å². The summed E-state index contributed by atoms with van der Waals surface area (Å²) in [6.45, 7) is 9.06. The Balaban J connectivity index is 1.52. The first-order chi connectivity index (χ1) is 14.8. The average Bonchev–Trinajstić information content (AvgIpc) is 3.27. The molecule has 2 aromatic heterocycles. The van der Waals surface area contributed by atoms with Crippen molar-refractivity contribution in [3.63, 3.8) is 0 Å². The van der Waals surface area contributed by atoms with Crippen molar-refractivity contribution < 1.29 is 9.53 Å². The second kappa shape index (κ2) is 8.21. The molecule has 7 nitrogen and oxygen atoms in total. The Morgan fingerprint density at radius 3 is 2.65 bits per heavy atom. The Morgan fingerprint density at radius 1 is 1.26 bits per heavy atom. The summed E-state index contributed by atoms with van der Waals surface area (Å²) in [4.78, 5) is 12.8. The van der Waals surface area contributed by atoms with E-state index < -0.39 is 0 Å². The SMILES string of the molecule is COc1ccc(-n2ncc3c2CC(C)(C)C[C@@H]3NC(=O)CCn2nc(C)cc2C)cc1. The van der Waals surface area contributed by atoms with Crippen LogP contribution in [0.3, 0.4) is 0 Å². The molecule has 3 aromatic rings. The number of benzene rings is 1. The fourth-order valence-corrected chi connectivity index (χ4v) is 4.49. The van der Waals surface area contributed by atoms with Crippen LogP contribution in [0.4, 0.5) is 0 Å². The molecule has 31 heavy (non-hydrogen) atoms. The zero-order valence-electron chi connectivity index (χ0n) is 19.0. The Labute approximate surface area is 183 Å². The molecule has 1 atom stereocenters. The smallest absolute Gasteiger partial charge is 0.222 e. The van der Waals surface area contributed by atoms with E-state index in [1.807, 2.05) is 59.7 Å². The van der Waals surface area contributed by atoms with E-state index in [2.05, 4.69) is 29.4 Å². The number of aryl methyl sites for hydroxylation is 3. The first-order valence-corrected chi connectivity index (χ1v) is 10.8. The van der Waals surface area contributed by atoms with Gasteiger partial charge in [0.1, 0.15) is 5.75 Å². The Bertz CT molecular complexity index is 1080. The number of aromatic nitrogens is 4. The molecule has 1 amide bonds. The Hall–Kier alpha value is -3.09. The maximum absolute atomic E-state index is 12.8. The first kappa shape index (κ1) is 21.2. The lowest BCUT2D eigenvalue weighted by molar-refractivity contribution is -0.122. The van der Waals surface area contributed by atoms with Crippen molar-refractivity contribution in [3.05, 3.63) is 59.2 Å². The van der Waals surface area contributed by atoms with Crippen molar-refractivity contribution in [2.75, 3.05) is 7.11 Å². The van der Waals surface area contributed by atoms with Gasteiger partial charge < -0.3 is 10.1 Å². The highest BCUT2D eigenvalue weighted by molar-refractivity contribution is 5.76. The number of carbonyl (C=O) groups is 1. The van der Waals surface area contributed by atoms with E-state index in [-0.39, 0.29) is 17.4 Å². The molecule has 0 radical (unpaired) electrons. The average molecular weight is 422 g/mol. The van der Waals surface area contributed by atoms with Gasteiger partial charge >= 0.3 is 0 Å². The van der Waals surface area contributed by atoms with E-state index in [1.54, 1.807) is 7.11 Å². The fourth-order valence-electron chi connectivity index (χ4n) is 4.49. The van der Waals surface area contributed by atoms with Crippen molar-refractivity contribution in [2.24, 2.45) is 5.41 Å². The zero-order chi connectivity index (χ0) is 22.2. The molecule has 1 N–H and O–H groups in total. The number of nitrogens with one attached hydrogen (secondary N) is 1. The monoisotopic (exact) mass is 421 g/mol. The number of carbonyl (C=O) groups excluding carboxylic acids is 1. The van der Waals surface area contributed by atoms with Crippen molar-refractivity contribution >= 4 is 5.91 Å². The highest BCUT2D eigenvalue weighted by atomic mass is 16.5. The van der Waals surface area contributed by atoms with Crippen LogP contribution in [0, 0.1) is 19.3 Å². The van der Waals surface area contributed by atoms with Crippen molar-refractivity contribution in [1.82, 2.24) is 24.9 Å². The van der Waals surface area contributed by atoms with Crippen LogP contribution in [-0.2, 0) is 17.8 Å². The van der Waals surface area contributed by atoms with Gasteiger partial charge in [0.25, 0.3) is 0 Å². The van der Waals surface area contributed by atoms with E-state index in [0.717, 1.165) is 46.9 Å². The molecule has 1 aromatic carbocycles. The van der Waals surface area contributed by atoms with Gasteiger partial charge in [-0.05, 0) is 62.4 Å². The van der Waals surface area contributed by atoms with Gasteiger partial charge in [-0.3, -0.25) is 9.48 Å². The third-order valence-corrected chi connectivity index (χ3v) is 5.99. The van der Waals surface area contributed by atoms with Gasteiger partial charge in [0.05, 0.1) is 36.4 Å². The summed E-state index contributed by atoms with van der Waals surface area (Å²) >= 11 is 0. The second-order valence-electron chi connectivity index (χ2n) is 9.22. The van der Waals surface area contributed by atoms with Gasteiger partial charge in [0.15, 0.2) is 0 Å². The predicted octanol–water partition coefficient (Wildman–Crippen LogP) is 3.91. The summed E-state index contributed by atoms with van der Waals surface area (Å²) in [6.07, 6.45) is 4.11. The molecule has 1 aliphatic carbocycles. The highest BCUT2D eigenvalue weighted by Crippen LogP contribution is 2.41. The van der Waals surface area contributed by atoms with Gasteiger partial charge in [0.2, 0.25) is 5.91 Å². The number of rotatable bonds is 6. The normalized spacial score (nSPS) is 17.3. The molecule has 4 rings (SSSR count). The van der Waals surface area contributed by atoms with Gasteiger partial charge in [-0.1, -0.05) is 13.8 Å². The van der Waals surface area contributed by atoms with E-state index in [0.29, 0.717) is 13.0 Å². The van der Waals surface area contributed by atoms with Crippen LogP contribution in [-0.4, -0.2) is 32.6 Å². The van der Waals surface area contributed by atoms with E-state index in [1.165, 1.54) is 0 Å². The van der Waals surface area contributed by atoms with Crippen LogP contribution in [0.1, 0.15) is 55.4 Å². The van der Waals surface area contributed by atoms with Crippen LogP contribution >= 0.6 is 0 Å². The zero-order valence-corrected chi connectivity index (χ0v) is 19.0. The summed E-state index contributed by atoms with van der Waals surface area (Å²) in [5, 5.41) is 12.4. The second-order valence-corrected chi connectivity index (χ2v) is 9.22. The number of amides is 1. The molecule has 0 saturated heterocycles.